The van der Waals surface area contributed by atoms with E-state index in [-0.39, 0.29) is 18.3 Å². The van der Waals surface area contributed by atoms with Crippen LogP contribution in [0.5, 0.6) is 5.75 Å². The molecule has 2 rings (SSSR count). The topological polar surface area (TPSA) is 95.1 Å². The standard InChI is InChI=1S/C18H27N5O2S/c1-12(2)9-20-17(24)11-26-18-22-21-16(23(18)19)10-25-15-7-5-14(6-8-15)13(3)4/h5-8,12-13H,9-11,19H2,1-4H3,(H,20,24). The van der Waals surface area contributed by atoms with Crippen LogP contribution in [0.1, 0.15) is 45.0 Å². The van der Waals surface area contributed by atoms with Crippen LogP contribution in [0.4, 0.5) is 0 Å². The largest absolute Gasteiger partial charge is 0.486 e. The molecule has 0 unspecified atom stereocenters. The van der Waals surface area contributed by atoms with Gasteiger partial charge in [-0.3, -0.25) is 4.79 Å². The summed E-state index contributed by atoms with van der Waals surface area (Å²) in [7, 11) is 0. The molecule has 0 radical (unpaired) electrons. The fourth-order valence-electron chi connectivity index (χ4n) is 2.10. The lowest BCUT2D eigenvalue weighted by Crippen LogP contribution is -2.29. The van der Waals surface area contributed by atoms with E-state index in [2.05, 4.69) is 29.4 Å². The van der Waals surface area contributed by atoms with Crippen LogP contribution in [0.25, 0.3) is 0 Å². The summed E-state index contributed by atoms with van der Waals surface area (Å²) in [5.41, 5.74) is 1.26. The first kappa shape index (κ1) is 20.1. The lowest BCUT2D eigenvalue weighted by molar-refractivity contribution is -0.118. The van der Waals surface area contributed by atoms with Gasteiger partial charge in [0.25, 0.3) is 0 Å². The minimum absolute atomic E-state index is 0.0465. The van der Waals surface area contributed by atoms with E-state index >= 15 is 0 Å². The van der Waals surface area contributed by atoms with Gasteiger partial charge in [0.15, 0.2) is 5.82 Å². The fraction of sp³-hybridized carbons (Fsp3) is 0.500. The zero-order valence-corrected chi connectivity index (χ0v) is 16.5. The Morgan fingerprint density at radius 2 is 1.92 bits per heavy atom. The molecule has 26 heavy (non-hydrogen) atoms. The SMILES string of the molecule is CC(C)CNC(=O)CSc1nnc(COc2ccc(C(C)C)cc2)n1N. The minimum atomic E-state index is -0.0465. The van der Waals surface area contributed by atoms with E-state index in [1.54, 1.807) is 0 Å². The van der Waals surface area contributed by atoms with Crippen LogP contribution in [-0.2, 0) is 11.4 Å². The number of amides is 1. The number of nitrogens with one attached hydrogen (secondary N) is 1. The Hall–Kier alpha value is -2.22. The first-order chi connectivity index (χ1) is 12.4. The van der Waals surface area contributed by atoms with E-state index in [1.165, 1.54) is 22.0 Å². The number of thioether (sulfide) groups is 1. The van der Waals surface area contributed by atoms with Gasteiger partial charge in [0.1, 0.15) is 12.4 Å². The fourth-order valence-corrected chi connectivity index (χ4v) is 2.81. The second-order valence-corrected chi connectivity index (χ2v) is 7.71. The Bertz CT molecular complexity index is 713. The van der Waals surface area contributed by atoms with E-state index in [1.807, 2.05) is 38.1 Å². The zero-order chi connectivity index (χ0) is 19.1. The number of carbonyl (C=O) groups excluding carboxylic acids is 1. The number of ether oxygens (including phenoxy) is 1. The van der Waals surface area contributed by atoms with E-state index in [4.69, 9.17) is 10.6 Å². The third kappa shape index (κ3) is 5.94. The molecule has 0 bridgehead atoms. The number of carbonyl (C=O) groups is 1. The van der Waals surface area contributed by atoms with E-state index in [9.17, 15) is 4.79 Å². The maximum Gasteiger partial charge on any atom is 0.230 e. The molecule has 1 aromatic carbocycles. The second kappa shape index (κ2) is 9.47. The molecule has 0 saturated carbocycles. The van der Waals surface area contributed by atoms with Crippen LogP contribution in [0, 0.1) is 5.92 Å². The number of nitrogens with zero attached hydrogens (tertiary/aromatic N) is 3. The number of benzene rings is 1. The summed E-state index contributed by atoms with van der Waals surface area (Å²) in [4.78, 5) is 11.8. The molecule has 0 spiro atoms. The van der Waals surface area contributed by atoms with Crippen molar-refractivity contribution in [3.05, 3.63) is 35.7 Å². The number of rotatable bonds is 9. The quantitative estimate of drug-likeness (QED) is 0.515. The molecule has 142 valence electrons. The third-order valence-corrected chi connectivity index (χ3v) is 4.63. The van der Waals surface area contributed by atoms with Crippen molar-refractivity contribution in [2.75, 3.05) is 18.1 Å². The van der Waals surface area contributed by atoms with Crippen LogP contribution in [0.15, 0.2) is 29.4 Å². The summed E-state index contributed by atoms with van der Waals surface area (Å²) < 4.78 is 7.08. The lowest BCUT2D eigenvalue weighted by atomic mass is 10.0. The van der Waals surface area contributed by atoms with Gasteiger partial charge < -0.3 is 15.9 Å². The highest BCUT2D eigenvalue weighted by molar-refractivity contribution is 7.99. The van der Waals surface area contributed by atoms with Crippen molar-refractivity contribution < 1.29 is 9.53 Å². The van der Waals surface area contributed by atoms with E-state index in [0.29, 0.717) is 29.4 Å². The van der Waals surface area contributed by atoms with Crippen molar-refractivity contribution in [2.24, 2.45) is 5.92 Å². The van der Waals surface area contributed by atoms with Gasteiger partial charge in [-0.25, -0.2) is 4.68 Å². The molecule has 2 aromatic rings. The Balaban J connectivity index is 1.85. The predicted octanol–water partition coefficient (Wildman–Crippen LogP) is 2.56. The first-order valence-electron chi connectivity index (χ1n) is 8.68. The summed E-state index contributed by atoms with van der Waals surface area (Å²) in [5.74, 6) is 8.35. The molecular weight excluding hydrogens is 350 g/mol. The van der Waals surface area contributed by atoms with Crippen molar-refractivity contribution in [2.45, 2.75) is 45.4 Å². The molecule has 1 aromatic heterocycles. The summed E-state index contributed by atoms with van der Waals surface area (Å²) in [5, 5.41) is 11.4. The van der Waals surface area contributed by atoms with E-state index in [0.717, 1.165) is 5.75 Å². The van der Waals surface area contributed by atoms with Gasteiger partial charge in [-0.1, -0.05) is 51.6 Å². The molecule has 3 N–H and O–H groups in total. The first-order valence-corrected chi connectivity index (χ1v) is 9.67. The van der Waals surface area contributed by atoms with E-state index < -0.39 is 0 Å². The highest BCUT2D eigenvalue weighted by Gasteiger charge is 2.13. The van der Waals surface area contributed by atoms with Crippen molar-refractivity contribution in [3.8, 4) is 5.75 Å². The number of nitrogen functional groups attached to an aromatic ring is 1. The summed E-state index contributed by atoms with van der Waals surface area (Å²) in [6.07, 6.45) is 0. The van der Waals surface area contributed by atoms with Gasteiger partial charge in [-0.05, 0) is 29.5 Å². The molecular formula is C18H27N5O2S. The van der Waals surface area contributed by atoms with Gasteiger partial charge in [-0.2, -0.15) is 0 Å². The Kier molecular flexibility index (Phi) is 7.32. The van der Waals surface area contributed by atoms with Crippen LogP contribution in [-0.4, -0.2) is 33.1 Å². The highest BCUT2D eigenvalue weighted by atomic mass is 32.2. The average molecular weight is 378 g/mol. The Labute approximate surface area is 158 Å². The smallest absolute Gasteiger partial charge is 0.230 e. The number of nitrogens with two attached hydrogens (primary N) is 1. The van der Waals surface area contributed by atoms with Crippen LogP contribution >= 0.6 is 11.8 Å². The van der Waals surface area contributed by atoms with Crippen LogP contribution in [0.2, 0.25) is 0 Å². The molecule has 0 aliphatic carbocycles. The number of hydrogen-bond donors (Lipinski definition) is 2. The lowest BCUT2D eigenvalue weighted by Gasteiger charge is -2.09. The summed E-state index contributed by atoms with van der Waals surface area (Å²) in [6, 6.07) is 7.96. The Morgan fingerprint density at radius 1 is 1.23 bits per heavy atom. The highest BCUT2D eigenvalue weighted by Crippen LogP contribution is 2.20. The molecule has 1 heterocycles. The molecule has 0 saturated heterocycles. The average Bonchev–Trinajstić information content (AvgIpc) is 2.96. The molecule has 7 nitrogen and oxygen atoms in total. The van der Waals surface area contributed by atoms with Crippen LogP contribution in [0.3, 0.4) is 0 Å². The molecule has 0 fully saturated rings. The minimum Gasteiger partial charge on any atom is -0.486 e. The van der Waals surface area contributed by atoms with Crippen molar-refractivity contribution in [3.63, 3.8) is 0 Å². The zero-order valence-electron chi connectivity index (χ0n) is 15.7. The van der Waals surface area contributed by atoms with Gasteiger partial charge in [0.05, 0.1) is 5.75 Å². The third-order valence-electron chi connectivity index (χ3n) is 3.69. The second-order valence-electron chi connectivity index (χ2n) is 6.77. The maximum atomic E-state index is 11.8. The van der Waals surface area contributed by atoms with Gasteiger partial charge >= 0.3 is 0 Å². The molecule has 0 atom stereocenters. The molecule has 1 amide bonds. The van der Waals surface area contributed by atoms with Gasteiger partial charge in [0, 0.05) is 6.54 Å². The number of aromatic nitrogens is 3. The summed E-state index contributed by atoms with van der Waals surface area (Å²) >= 11 is 1.25. The molecule has 8 heteroatoms. The monoisotopic (exact) mass is 377 g/mol. The normalized spacial score (nSPS) is 11.2. The maximum absolute atomic E-state index is 11.8. The van der Waals surface area contributed by atoms with Crippen molar-refractivity contribution in [1.82, 2.24) is 20.2 Å². The van der Waals surface area contributed by atoms with Crippen molar-refractivity contribution in [1.29, 1.82) is 0 Å². The Morgan fingerprint density at radius 3 is 2.54 bits per heavy atom. The van der Waals surface area contributed by atoms with Gasteiger partial charge in [-0.15, -0.1) is 10.2 Å². The molecule has 0 aliphatic heterocycles. The number of hydrogen-bond acceptors (Lipinski definition) is 6. The van der Waals surface area contributed by atoms with Crippen molar-refractivity contribution >= 4 is 17.7 Å². The summed E-state index contributed by atoms with van der Waals surface area (Å²) in [6.45, 7) is 9.26. The molecule has 0 aliphatic rings. The van der Waals surface area contributed by atoms with Gasteiger partial charge in [0.2, 0.25) is 11.1 Å². The predicted molar refractivity (Wildman–Crippen MR) is 104 cm³/mol. The van der Waals surface area contributed by atoms with Crippen LogP contribution < -0.4 is 15.9 Å².